The van der Waals surface area contributed by atoms with Crippen LogP contribution in [0.1, 0.15) is 47.5 Å². The van der Waals surface area contributed by atoms with Crippen LogP contribution in [0.15, 0.2) is 6.33 Å². The molecule has 0 aliphatic carbocycles. The molecular weight excluding hydrogens is 262 g/mol. The monoisotopic (exact) mass is 293 g/mol. The average Bonchev–Trinajstić information content (AvgIpc) is 2.39. The Morgan fingerprint density at radius 2 is 1.76 bits per heavy atom. The number of unbranched alkanes of at least 4 members (excludes halogenated alkanes) is 1. The summed E-state index contributed by atoms with van der Waals surface area (Å²) in [6, 6.07) is 0. The summed E-state index contributed by atoms with van der Waals surface area (Å²) >= 11 is 0. The maximum atomic E-state index is 6.29. The van der Waals surface area contributed by atoms with Crippen LogP contribution in [0.3, 0.4) is 0 Å². The van der Waals surface area contributed by atoms with Crippen molar-refractivity contribution in [2.24, 2.45) is 11.8 Å². The largest absolute Gasteiger partial charge is 0.393 e. The minimum absolute atomic E-state index is 0.564. The van der Waals surface area contributed by atoms with Crippen LogP contribution in [0.2, 0.25) is 0 Å². The number of aromatic nitrogens is 2. The molecule has 3 N–H and O–H groups in total. The molecule has 5 nitrogen and oxygen atoms in total. The molecule has 0 aromatic carbocycles. The molecule has 0 saturated carbocycles. The molecule has 0 aliphatic rings. The van der Waals surface area contributed by atoms with Gasteiger partial charge in [-0.1, -0.05) is 41.0 Å². The summed E-state index contributed by atoms with van der Waals surface area (Å²) in [6.45, 7) is 13.8. The standard InChI is InChI=1S/C16H31N5/c1-6-7-8-18-15-14(17)16(20-11-19-15)21(9-12(2)3)10-13(4)5/h11-13H,6-10,17H2,1-5H3,(H,18,19,20). The Labute approximate surface area is 129 Å². The Kier molecular flexibility index (Phi) is 7.26. The van der Waals surface area contributed by atoms with Crippen LogP contribution in [0.4, 0.5) is 17.3 Å². The first-order valence-electron chi connectivity index (χ1n) is 8.04. The van der Waals surface area contributed by atoms with E-state index >= 15 is 0 Å². The van der Waals surface area contributed by atoms with Crippen molar-refractivity contribution in [3.63, 3.8) is 0 Å². The number of anilines is 3. The molecule has 1 aromatic heterocycles. The van der Waals surface area contributed by atoms with Crippen molar-refractivity contribution < 1.29 is 0 Å². The summed E-state index contributed by atoms with van der Waals surface area (Å²) in [5.41, 5.74) is 6.95. The van der Waals surface area contributed by atoms with Crippen LogP contribution in [0.25, 0.3) is 0 Å². The molecule has 5 heteroatoms. The summed E-state index contributed by atoms with van der Waals surface area (Å²) < 4.78 is 0. The minimum Gasteiger partial charge on any atom is -0.393 e. The highest BCUT2D eigenvalue weighted by Gasteiger charge is 2.17. The van der Waals surface area contributed by atoms with E-state index in [0.717, 1.165) is 44.1 Å². The Morgan fingerprint density at radius 1 is 1.14 bits per heavy atom. The predicted octanol–water partition coefficient (Wildman–Crippen LogP) is 3.39. The van der Waals surface area contributed by atoms with E-state index in [4.69, 9.17) is 5.73 Å². The van der Waals surface area contributed by atoms with Crippen molar-refractivity contribution >= 4 is 17.3 Å². The van der Waals surface area contributed by atoms with E-state index in [1.165, 1.54) is 0 Å². The van der Waals surface area contributed by atoms with Gasteiger partial charge in [0.1, 0.15) is 12.0 Å². The molecule has 0 bridgehead atoms. The molecule has 0 fully saturated rings. The van der Waals surface area contributed by atoms with E-state index in [9.17, 15) is 0 Å². The lowest BCUT2D eigenvalue weighted by molar-refractivity contribution is 0.549. The van der Waals surface area contributed by atoms with Crippen molar-refractivity contribution in [1.82, 2.24) is 9.97 Å². The number of rotatable bonds is 9. The summed E-state index contributed by atoms with van der Waals surface area (Å²) in [6.07, 6.45) is 3.87. The van der Waals surface area contributed by atoms with Crippen LogP contribution in [-0.4, -0.2) is 29.6 Å². The third kappa shape index (κ3) is 5.78. The molecule has 120 valence electrons. The average molecular weight is 293 g/mol. The smallest absolute Gasteiger partial charge is 0.157 e. The van der Waals surface area contributed by atoms with Gasteiger partial charge in [-0.25, -0.2) is 9.97 Å². The molecule has 1 aromatic rings. The molecule has 0 atom stereocenters. The summed E-state index contributed by atoms with van der Waals surface area (Å²) in [5.74, 6) is 2.74. The van der Waals surface area contributed by atoms with Gasteiger partial charge in [-0.05, 0) is 18.3 Å². The molecule has 0 radical (unpaired) electrons. The van der Waals surface area contributed by atoms with Gasteiger partial charge in [0.2, 0.25) is 0 Å². The minimum atomic E-state index is 0.564. The number of nitrogens with two attached hydrogens (primary N) is 1. The first-order chi connectivity index (χ1) is 9.95. The Balaban J connectivity index is 2.93. The van der Waals surface area contributed by atoms with Crippen molar-refractivity contribution in [1.29, 1.82) is 0 Å². The van der Waals surface area contributed by atoms with Crippen LogP contribution in [-0.2, 0) is 0 Å². The molecule has 1 rings (SSSR count). The molecule has 0 aliphatic heterocycles. The Bertz CT molecular complexity index is 407. The van der Waals surface area contributed by atoms with E-state index in [0.29, 0.717) is 17.5 Å². The second-order valence-electron chi connectivity index (χ2n) is 6.43. The van der Waals surface area contributed by atoms with Crippen molar-refractivity contribution in [2.45, 2.75) is 47.5 Å². The molecule has 0 saturated heterocycles. The van der Waals surface area contributed by atoms with Gasteiger partial charge in [-0.3, -0.25) is 0 Å². The van der Waals surface area contributed by atoms with E-state index in [-0.39, 0.29) is 0 Å². The number of nitrogens with zero attached hydrogens (tertiary/aromatic N) is 3. The van der Waals surface area contributed by atoms with Gasteiger partial charge in [-0.2, -0.15) is 0 Å². The summed E-state index contributed by atoms with van der Waals surface area (Å²) in [7, 11) is 0. The third-order valence-electron chi connectivity index (χ3n) is 3.16. The van der Waals surface area contributed by atoms with Gasteiger partial charge in [0.25, 0.3) is 0 Å². The maximum Gasteiger partial charge on any atom is 0.157 e. The van der Waals surface area contributed by atoms with Crippen LogP contribution in [0, 0.1) is 11.8 Å². The van der Waals surface area contributed by atoms with Gasteiger partial charge in [0.15, 0.2) is 11.6 Å². The number of nitrogens with one attached hydrogen (secondary N) is 1. The SMILES string of the molecule is CCCCNc1ncnc(N(CC(C)C)CC(C)C)c1N. The lowest BCUT2D eigenvalue weighted by Gasteiger charge is -2.28. The zero-order chi connectivity index (χ0) is 15.8. The third-order valence-corrected chi connectivity index (χ3v) is 3.16. The maximum absolute atomic E-state index is 6.29. The van der Waals surface area contributed by atoms with Crippen LogP contribution >= 0.6 is 0 Å². The van der Waals surface area contributed by atoms with Crippen molar-refractivity contribution in [3.05, 3.63) is 6.33 Å². The number of hydrogen-bond acceptors (Lipinski definition) is 5. The van der Waals surface area contributed by atoms with Gasteiger partial charge in [-0.15, -0.1) is 0 Å². The first-order valence-corrected chi connectivity index (χ1v) is 8.04. The molecule has 0 amide bonds. The van der Waals surface area contributed by atoms with Crippen LogP contribution in [0.5, 0.6) is 0 Å². The zero-order valence-electron chi connectivity index (χ0n) is 14.2. The number of hydrogen-bond donors (Lipinski definition) is 2. The molecule has 0 spiro atoms. The van der Waals surface area contributed by atoms with E-state index in [1.807, 2.05) is 0 Å². The second-order valence-corrected chi connectivity index (χ2v) is 6.43. The molecule has 21 heavy (non-hydrogen) atoms. The fraction of sp³-hybridized carbons (Fsp3) is 0.750. The number of nitrogen functional groups attached to an aromatic ring is 1. The van der Waals surface area contributed by atoms with Crippen LogP contribution < -0.4 is 16.0 Å². The van der Waals surface area contributed by atoms with E-state index in [1.54, 1.807) is 6.33 Å². The second kappa shape index (κ2) is 8.70. The van der Waals surface area contributed by atoms with Gasteiger partial charge in [0.05, 0.1) is 0 Å². The zero-order valence-corrected chi connectivity index (χ0v) is 14.2. The molecule has 1 heterocycles. The fourth-order valence-electron chi connectivity index (χ4n) is 2.29. The predicted molar refractivity (Wildman–Crippen MR) is 91.7 cm³/mol. The molecular formula is C16H31N5. The molecule has 0 unspecified atom stereocenters. The highest BCUT2D eigenvalue weighted by atomic mass is 15.2. The van der Waals surface area contributed by atoms with Gasteiger partial charge < -0.3 is 16.0 Å². The summed E-state index contributed by atoms with van der Waals surface area (Å²) in [4.78, 5) is 11.0. The van der Waals surface area contributed by atoms with Gasteiger partial charge in [0, 0.05) is 19.6 Å². The highest BCUT2D eigenvalue weighted by molar-refractivity contribution is 5.74. The van der Waals surface area contributed by atoms with Crippen molar-refractivity contribution in [3.8, 4) is 0 Å². The highest BCUT2D eigenvalue weighted by Crippen LogP contribution is 2.27. The Morgan fingerprint density at radius 3 is 2.29 bits per heavy atom. The lowest BCUT2D eigenvalue weighted by atomic mass is 10.1. The summed E-state index contributed by atoms with van der Waals surface area (Å²) in [5, 5.41) is 3.31. The lowest BCUT2D eigenvalue weighted by Crippen LogP contribution is -2.33. The fourth-order valence-corrected chi connectivity index (χ4v) is 2.29. The quantitative estimate of drug-likeness (QED) is 0.683. The van der Waals surface area contributed by atoms with Crippen molar-refractivity contribution in [2.75, 3.05) is 35.6 Å². The Hall–Kier alpha value is -1.52. The first kappa shape index (κ1) is 17.5. The topological polar surface area (TPSA) is 67.1 Å². The van der Waals surface area contributed by atoms with Gasteiger partial charge >= 0.3 is 0 Å². The van der Waals surface area contributed by atoms with E-state index in [2.05, 4.69) is 54.8 Å². The van der Waals surface area contributed by atoms with E-state index < -0.39 is 0 Å². The normalized spacial score (nSPS) is 11.2.